The highest BCUT2D eigenvalue weighted by Crippen LogP contribution is 2.42. The van der Waals surface area contributed by atoms with Crippen LogP contribution in [0.2, 0.25) is 0 Å². The lowest BCUT2D eigenvalue weighted by Gasteiger charge is -2.48. The average molecular weight is 342 g/mol. The molecule has 1 saturated carbocycles. The van der Waals surface area contributed by atoms with Crippen LogP contribution in [0.5, 0.6) is 0 Å². The van der Waals surface area contributed by atoms with Gasteiger partial charge in [-0.3, -0.25) is 14.6 Å². The first-order valence-corrected chi connectivity index (χ1v) is 9.26. The lowest BCUT2D eigenvalue weighted by Crippen LogP contribution is -2.57. The lowest BCUT2D eigenvalue weighted by molar-refractivity contribution is -0.144. The van der Waals surface area contributed by atoms with E-state index in [1.54, 1.807) is 6.20 Å². The van der Waals surface area contributed by atoms with Crippen molar-refractivity contribution in [2.24, 2.45) is 11.1 Å². The van der Waals surface area contributed by atoms with Gasteiger partial charge in [0, 0.05) is 37.7 Å². The summed E-state index contributed by atoms with van der Waals surface area (Å²) in [5, 5.41) is 0. The molecule has 4 rings (SSSR count). The standard InChI is InChI=1S/C19H26N4O2/c20-19(8-9-19)17(25)22-11-3-6-18(13-22)7-5-16(24)23(14-18)12-15-4-1-2-10-21-15/h1-2,4,10H,3,5-9,11-14,20H2/t18-/m0/s1. The Morgan fingerprint density at radius 1 is 1.20 bits per heavy atom. The van der Waals surface area contributed by atoms with Crippen molar-refractivity contribution in [1.29, 1.82) is 0 Å². The predicted molar refractivity (Wildman–Crippen MR) is 93.3 cm³/mol. The molecule has 25 heavy (non-hydrogen) atoms. The molecule has 0 unspecified atom stereocenters. The van der Waals surface area contributed by atoms with Gasteiger partial charge in [0.1, 0.15) is 0 Å². The Labute approximate surface area is 148 Å². The molecule has 3 fully saturated rings. The van der Waals surface area contributed by atoms with Gasteiger partial charge in [0.2, 0.25) is 11.8 Å². The van der Waals surface area contributed by atoms with Crippen molar-refractivity contribution in [3.05, 3.63) is 30.1 Å². The van der Waals surface area contributed by atoms with Gasteiger partial charge in [-0.1, -0.05) is 6.07 Å². The molecule has 1 atom stereocenters. The van der Waals surface area contributed by atoms with E-state index in [9.17, 15) is 9.59 Å². The van der Waals surface area contributed by atoms with E-state index in [1.165, 1.54) is 0 Å². The zero-order valence-electron chi connectivity index (χ0n) is 14.6. The number of nitrogens with two attached hydrogens (primary N) is 1. The van der Waals surface area contributed by atoms with Crippen molar-refractivity contribution in [2.45, 2.75) is 50.6 Å². The fourth-order valence-corrected chi connectivity index (χ4v) is 4.31. The highest BCUT2D eigenvalue weighted by atomic mass is 16.2. The number of pyridine rings is 1. The van der Waals surface area contributed by atoms with Crippen LogP contribution in [0.25, 0.3) is 0 Å². The molecule has 3 heterocycles. The largest absolute Gasteiger partial charge is 0.340 e. The van der Waals surface area contributed by atoms with Gasteiger partial charge >= 0.3 is 0 Å². The van der Waals surface area contributed by atoms with E-state index in [0.717, 1.165) is 50.9 Å². The van der Waals surface area contributed by atoms with Crippen molar-refractivity contribution in [2.75, 3.05) is 19.6 Å². The Bertz CT molecular complexity index is 673. The molecule has 0 aromatic carbocycles. The highest BCUT2D eigenvalue weighted by molar-refractivity contribution is 5.89. The zero-order valence-corrected chi connectivity index (χ0v) is 14.6. The van der Waals surface area contributed by atoms with E-state index in [0.29, 0.717) is 19.5 Å². The number of hydrogen-bond donors (Lipinski definition) is 1. The van der Waals surface area contributed by atoms with E-state index >= 15 is 0 Å². The first-order valence-electron chi connectivity index (χ1n) is 9.26. The molecule has 1 aliphatic carbocycles. The van der Waals surface area contributed by atoms with E-state index in [1.807, 2.05) is 28.0 Å². The molecule has 2 N–H and O–H groups in total. The quantitative estimate of drug-likeness (QED) is 0.898. The average Bonchev–Trinajstić information content (AvgIpc) is 3.38. The minimum Gasteiger partial charge on any atom is -0.340 e. The number of amides is 2. The van der Waals surface area contributed by atoms with Gasteiger partial charge in [0.05, 0.1) is 17.8 Å². The van der Waals surface area contributed by atoms with Crippen molar-refractivity contribution >= 4 is 11.8 Å². The molecule has 2 amide bonds. The fourth-order valence-electron chi connectivity index (χ4n) is 4.31. The molecule has 1 aromatic heterocycles. The van der Waals surface area contributed by atoms with Crippen molar-refractivity contribution in [1.82, 2.24) is 14.8 Å². The Morgan fingerprint density at radius 2 is 2.04 bits per heavy atom. The maximum Gasteiger partial charge on any atom is 0.242 e. The third kappa shape index (κ3) is 3.27. The maximum absolute atomic E-state index is 12.7. The molecule has 1 aromatic rings. The minimum atomic E-state index is -0.601. The molecule has 3 aliphatic rings. The summed E-state index contributed by atoms with van der Waals surface area (Å²) in [5.41, 5.74) is 6.45. The molecule has 134 valence electrons. The Balaban J connectivity index is 1.47. The summed E-state index contributed by atoms with van der Waals surface area (Å²) in [7, 11) is 0. The topological polar surface area (TPSA) is 79.5 Å². The van der Waals surface area contributed by atoms with Crippen LogP contribution in [0.3, 0.4) is 0 Å². The Kier molecular flexibility index (Phi) is 4.02. The molecule has 1 spiro atoms. The molecular weight excluding hydrogens is 316 g/mol. The second-order valence-electron chi connectivity index (χ2n) is 8.06. The fraction of sp³-hybridized carbons (Fsp3) is 0.632. The van der Waals surface area contributed by atoms with E-state index in [-0.39, 0.29) is 17.2 Å². The SMILES string of the molecule is NC1(C(=O)N2CCC[C@]3(CCC(=O)N(Cc4ccccn4)C3)C2)CC1. The number of rotatable bonds is 3. The zero-order chi connectivity index (χ0) is 17.5. The van der Waals surface area contributed by atoms with Crippen LogP contribution < -0.4 is 5.73 Å². The summed E-state index contributed by atoms with van der Waals surface area (Å²) in [6.07, 6.45) is 6.86. The third-order valence-electron chi connectivity index (χ3n) is 5.99. The first-order chi connectivity index (χ1) is 12.0. The van der Waals surface area contributed by atoms with Crippen LogP contribution >= 0.6 is 0 Å². The summed E-state index contributed by atoms with van der Waals surface area (Å²) in [5.74, 6) is 0.303. The third-order valence-corrected chi connectivity index (χ3v) is 5.99. The van der Waals surface area contributed by atoms with Crippen molar-refractivity contribution < 1.29 is 9.59 Å². The summed E-state index contributed by atoms with van der Waals surface area (Å²) in [6.45, 7) is 2.80. The maximum atomic E-state index is 12.7. The minimum absolute atomic E-state index is 0.0157. The molecule has 2 saturated heterocycles. The number of carbonyl (C=O) groups is 2. The molecule has 0 radical (unpaired) electrons. The number of piperidine rings is 2. The Morgan fingerprint density at radius 3 is 2.76 bits per heavy atom. The molecule has 6 heteroatoms. The number of likely N-dealkylation sites (tertiary alicyclic amines) is 2. The van der Waals surface area contributed by atoms with Crippen molar-refractivity contribution in [3.8, 4) is 0 Å². The summed E-state index contributed by atoms with van der Waals surface area (Å²) >= 11 is 0. The van der Waals surface area contributed by atoms with Gasteiger partial charge < -0.3 is 15.5 Å². The van der Waals surface area contributed by atoms with Crippen molar-refractivity contribution in [3.63, 3.8) is 0 Å². The van der Waals surface area contributed by atoms with Gasteiger partial charge in [-0.05, 0) is 44.2 Å². The molecular formula is C19H26N4O2. The number of hydrogen-bond acceptors (Lipinski definition) is 4. The summed E-state index contributed by atoms with van der Waals surface area (Å²) < 4.78 is 0. The monoisotopic (exact) mass is 342 g/mol. The van der Waals surface area contributed by atoms with Gasteiger partial charge in [-0.15, -0.1) is 0 Å². The molecule has 6 nitrogen and oxygen atoms in total. The van der Waals surface area contributed by atoms with Gasteiger partial charge in [-0.2, -0.15) is 0 Å². The van der Waals surface area contributed by atoms with Crippen LogP contribution in [0.15, 0.2) is 24.4 Å². The van der Waals surface area contributed by atoms with E-state index in [4.69, 9.17) is 5.73 Å². The second kappa shape index (κ2) is 6.09. The van der Waals surface area contributed by atoms with E-state index < -0.39 is 5.54 Å². The van der Waals surface area contributed by atoms with Crippen LogP contribution in [0, 0.1) is 5.41 Å². The van der Waals surface area contributed by atoms with Crippen LogP contribution in [0.4, 0.5) is 0 Å². The van der Waals surface area contributed by atoms with Gasteiger partial charge in [-0.25, -0.2) is 0 Å². The lowest BCUT2D eigenvalue weighted by atomic mass is 9.73. The van der Waals surface area contributed by atoms with Gasteiger partial charge in [0.15, 0.2) is 0 Å². The number of nitrogens with zero attached hydrogens (tertiary/aromatic N) is 3. The highest BCUT2D eigenvalue weighted by Gasteiger charge is 2.51. The normalized spacial score (nSPS) is 28.3. The number of aromatic nitrogens is 1. The Hall–Kier alpha value is -1.95. The smallest absolute Gasteiger partial charge is 0.242 e. The first kappa shape index (κ1) is 16.5. The van der Waals surface area contributed by atoms with Crippen LogP contribution in [-0.4, -0.2) is 51.8 Å². The number of carbonyl (C=O) groups excluding carboxylic acids is 2. The molecule has 2 aliphatic heterocycles. The van der Waals surface area contributed by atoms with Gasteiger partial charge in [0.25, 0.3) is 0 Å². The predicted octanol–water partition coefficient (Wildman–Crippen LogP) is 1.30. The second-order valence-corrected chi connectivity index (χ2v) is 8.06. The van der Waals surface area contributed by atoms with Crippen LogP contribution in [0.1, 0.15) is 44.2 Å². The summed E-state index contributed by atoms with van der Waals surface area (Å²) in [6, 6.07) is 5.79. The summed E-state index contributed by atoms with van der Waals surface area (Å²) in [4.78, 5) is 33.3. The van der Waals surface area contributed by atoms with E-state index in [2.05, 4.69) is 4.98 Å². The van der Waals surface area contributed by atoms with Crippen LogP contribution in [-0.2, 0) is 16.1 Å². The molecule has 0 bridgehead atoms.